The van der Waals surface area contributed by atoms with Gasteiger partial charge in [-0.2, -0.15) is 0 Å². The summed E-state index contributed by atoms with van der Waals surface area (Å²) >= 11 is 12.2. The predicted octanol–water partition coefficient (Wildman–Crippen LogP) is 4.85. The van der Waals surface area contributed by atoms with Gasteiger partial charge in [-0.25, -0.2) is 14.4 Å². The molecule has 0 fully saturated rings. The van der Waals surface area contributed by atoms with E-state index in [4.69, 9.17) is 27.6 Å². The van der Waals surface area contributed by atoms with Crippen molar-refractivity contribution in [3.8, 4) is 22.7 Å². The smallest absolute Gasteiger partial charge is 0.198 e. The summed E-state index contributed by atoms with van der Waals surface area (Å²) in [4.78, 5) is 8.21. The van der Waals surface area contributed by atoms with Crippen LogP contribution in [0.4, 0.5) is 4.39 Å². The van der Waals surface area contributed by atoms with E-state index in [1.54, 1.807) is 30.3 Å². The molecule has 0 radical (unpaired) electrons. The Hall–Kier alpha value is -1.91. The molecule has 2 heterocycles. The van der Waals surface area contributed by atoms with E-state index in [0.29, 0.717) is 5.76 Å². The Kier molecular flexibility index (Phi) is 3.42. The number of aromatic nitrogens is 2. The van der Waals surface area contributed by atoms with Crippen LogP contribution in [0.15, 0.2) is 47.1 Å². The van der Waals surface area contributed by atoms with Crippen molar-refractivity contribution >= 4 is 23.2 Å². The Morgan fingerprint density at radius 2 is 1.65 bits per heavy atom. The molecule has 20 heavy (non-hydrogen) atoms. The van der Waals surface area contributed by atoms with E-state index >= 15 is 0 Å². The third kappa shape index (κ3) is 2.28. The summed E-state index contributed by atoms with van der Waals surface area (Å²) in [6.45, 7) is 0. The molecule has 6 heteroatoms. The number of halogens is 3. The molecule has 3 nitrogen and oxygen atoms in total. The number of benzene rings is 1. The Labute approximate surface area is 124 Å². The van der Waals surface area contributed by atoms with Crippen molar-refractivity contribution in [2.24, 2.45) is 0 Å². The summed E-state index contributed by atoms with van der Waals surface area (Å²) in [6, 6.07) is 9.54. The highest BCUT2D eigenvalue weighted by Gasteiger charge is 2.18. The highest BCUT2D eigenvalue weighted by Crippen LogP contribution is 2.35. The van der Waals surface area contributed by atoms with Crippen LogP contribution in [0, 0.1) is 5.82 Å². The number of hydrogen-bond acceptors (Lipinski definition) is 3. The van der Waals surface area contributed by atoms with Crippen molar-refractivity contribution in [3.63, 3.8) is 0 Å². The lowest BCUT2D eigenvalue weighted by molar-refractivity contribution is 0.577. The molecule has 0 saturated carbocycles. The number of furan rings is 1. The Morgan fingerprint density at radius 3 is 2.25 bits per heavy atom. The highest BCUT2D eigenvalue weighted by atomic mass is 35.5. The summed E-state index contributed by atoms with van der Waals surface area (Å²) < 4.78 is 19.0. The van der Waals surface area contributed by atoms with Gasteiger partial charge in [-0.15, -0.1) is 0 Å². The topological polar surface area (TPSA) is 38.9 Å². The van der Waals surface area contributed by atoms with Crippen LogP contribution in [-0.4, -0.2) is 9.97 Å². The zero-order valence-corrected chi connectivity index (χ0v) is 11.5. The van der Waals surface area contributed by atoms with Crippen molar-refractivity contribution in [2.45, 2.75) is 0 Å². The molecular weight excluding hydrogens is 302 g/mol. The largest absolute Gasteiger partial charge is 0.461 e. The van der Waals surface area contributed by atoms with Crippen LogP contribution >= 0.6 is 23.2 Å². The summed E-state index contributed by atoms with van der Waals surface area (Å²) in [6.07, 6.45) is 1.49. The Balaban J connectivity index is 2.17. The molecule has 3 aromatic rings. The van der Waals surface area contributed by atoms with Crippen LogP contribution in [0.1, 0.15) is 0 Å². The molecule has 0 aliphatic rings. The molecule has 0 amide bonds. The fourth-order valence-corrected chi connectivity index (χ4v) is 2.40. The number of hydrogen-bond donors (Lipinski definition) is 0. The Bertz CT molecular complexity index is 737. The van der Waals surface area contributed by atoms with Crippen molar-refractivity contribution in [1.29, 1.82) is 0 Å². The number of nitrogens with zero attached hydrogens (tertiary/aromatic N) is 2. The molecule has 0 aliphatic carbocycles. The minimum Gasteiger partial charge on any atom is -0.461 e. The Morgan fingerprint density at radius 1 is 0.950 bits per heavy atom. The van der Waals surface area contributed by atoms with E-state index in [0.717, 1.165) is 0 Å². The normalized spacial score (nSPS) is 10.8. The van der Waals surface area contributed by atoms with Crippen LogP contribution in [0.5, 0.6) is 0 Å². The van der Waals surface area contributed by atoms with E-state index < -0.39 is 5.82 Å². The summed E-state index contributed by atoms with van der Waals surface area (Å²) in [5.41, 5.74) is 0.523. The average molecular weight is 309 g/mol. The third-order valence-corrected chi connectivity index (χ3v) is 3.25. The number of rotatable bonds is 2. The fraction of sp³-hybridized carbons (Fsp3) is 0. The van der Waals surface area contributed by atoms with Crippen LogP contribution in [0.3, 0.4) is 0 Å². The van der Waals surface area contributed by atoms with Gasteiger partial charge in [-0.3, -0.25) is 0 Å². The maximum absolute atomic E-state index is 13.8. The summed E-state index contributed by atoms with van der Waals surface area (Å²) in [5, 5.41) is 0.142. The van der Waals surface area contributed by atoms with Gasteiger partial charge in [-0.05, 0) is 18.2 Å². The molecule has 100 valence electrons. The second kappa shape index (κ2) is 5.23. The van der Waals surface area contributed by atoms with Gasteiger partial charge in [0, 0.05) is 5.56 Å². The molecule has 1 aromatic carbocycles. The zero-order chi connectivity index (χ0) is 14.1. The van der Waals surface area contributed by atoms with E-state index in [9.17, 15) is 4.39 Å². The lowest BCUT2D eigenvalue weighted by atomic mass is 10.1. The minimum atomic E-state index is -0.439. The SMILES string of the molecule is Fc1ccccc1-c1c(Cl)nc(-c2ccco2)nc1Cl. The lowest BCUT2D eigenvalue weighted by Crippen LogP contribution is -1.95. The first-order valence-electron chi connectivity index (χ1n) is 5.68. The minimum absolute atomic E-state index is 0.0708. The third-order valence-electron chi connectivity index (χ3n) is 2.71. The quantitative estimate of drug-likeness (QED) is 0.635. The van der Waals surface area contributed by atoms with Gasteiger partial charge in [0.1, 0.15) is 16.1 Å². The predicted molar refractivity (Wildman–Crippen MR) is 75.1 cm³/mol. The van der Waals surface area contributed by atoms with Gasteiger partial charge in [0.25, 0.3) is 0 Å². The van der Waals surface area contributed by atoms with Gasteiger partial charge >= 0.3 is 0 Å². The van der Waals surface area contributed by atoms with Crippen molar-refractivity contribution in [2.75, 3.05) is 0 Å². The lowest BCUT2D eigenvalue weighted by Gasteiger charge is -2.08. The molecule has 0 bridgehead atoms. The maximum atomic E-state index is 13.8. The molecule has 0 saturated heterocycles. The van der Waals surface area contributed by atoms with Gasteiger partial charge in [0.2, 0.25) is 0 Å². The van der Waals surface area contributed by atoms with E-state index in [1.165, 1.54) is 12.3 Å². The monoisotopic (exact) mass is 308 g/mol. The summed E-state index contributed by atoms with van der Waals surface area (Å²) in [5.74, 6) is 0.254. The van der Waals surface area contributed by atoms with Gasteiger partial charge in [-0.1, -0.05) is 41.4 Å². The molecule has 0 atom stereocenters. The van der Waals surface area contributed by atoms with Crippen molar-refractivity contribution in [1.82, 2.24) is 9.97 Å². The molecule has 3 rings (SSSR count). The zero-order valence-electron chi connectivity index (χ0n) is 9.98. The van der Waals surface area contributed by atoms with Gasteiger partial charge < -0.3 is 4.42 Å². The molecule has 0 unspecified atom stereocenters. The van der Waals surface area contributed by atoms with Crippen LogP contribution in [0.25, 0.3) is 22.7 Å². The molecule has 0 aliphatic heterocycles. The van der Waals surface area contributed by atoms with Gasteiger partial charge in [0.15, 0.2) is 11.6 Å². The van der Waals surface area contributed by atoms with Crippen LogP contribution < -0.4 is 0 Å². The maximum Gasteiger partial charge on any atom is 0.198 e. The fourth-order valence-electron chi connectivity index (χ4n) is 1.81. The standard InChI is InChI=1S/C14H7Cl2FN2O/c15-12-11(8-4-1-2-5-9(8)17)13(16)19-14(18-12)10-6-3-7-20-10/h1-7H. The average Bonchev–Trinajstić information content (AvgIpc) is 2.94. The van der Waals surface area contributed by atoms with Crippen molar-refractivity contribution < 1.29 is 8.81 Å². The second-order valence-electron chi connectivity index (χ2n) is 3.96. The van der Waals surface area contributed by atoms with Crippen LogP contribution in [-0.2, 0) is 0 Å². The highest BCUT2D eigenvalue weighted by molar-refractivity contribution is 6.37. The molecule has 2 aromatic heterocycles. The van der Waals surface area contributed by atoms with E-state index in [1.807, 2.05) is 0 Å². The first-order valence-corrected chi connectivity index (χ1v) is 6.44. The molecular formula is C14H7Cl2FN2O. The first-order chi connectivity index (χ1) is 9.66. The molecule has 0 N–H and O–H groups in total. The molecule has 0 spiro atoms. The van der Waals surface area contributed by atoms with Crippen LogP contribution in [0.2, 0.25) is 10.3 Å². The van der Waals surface area contributed by atoms with E-state index in [2.05, 4.69) is 9.97 Å². The first kappa shape index (κ1) is 13.1. The van der Waals surface area contributed by atoms with E-state index in [-0.39, 0.29) is 27.3 Å². The van der Waals surface area contributed by atoms with Gasteiger partial charge in [0.05, 0.1) is 11.8 Å². The van der Waals surface area contributed by atoms with Crippen molar-refractivity contribution in [3.05, 3.63) is 58.8 Å². The summed E-state index contributed by atoms with van der Waals surface area (Å²) in [7, 11) is 0. The second-order valence-corrected chi connectivity index (χ2v) is 4.68.